The number of unbranched alkanes of at least 4 members (excludes halogenated alkanes) is 1. The Labute approximate surface area is 197 Å². The number of ketones is 1. The van der Waals surface area contributed by atoms with Gasteiger partial charge in [-0.15, -0.1) is 0 Å². The first-order chi connectivity index (χ1) is 15.5. The number of aliphatic hydroxyl groups excluding tert-OH is 1. The molecule has 1 atom stereocenters. The minimum absolute atomic E-state index is 0.0920. The van der Waals surface area contributed by atoms with Gasteiger partial charge in [0.2, 0.25) is 0 Å². The largest absolute Gasteiger partial charge is 0.507 e. The van der Waals surface area contributed by atoms with Crippen LogP contribution >= 0.6 is 15.9 Å². The maximum atomic E-state index is 13.0. The molecule has 1 aliphatic heterocycles. The average Bonchev–Trinajstić information content (AvgIpc) is 3.05. The van der Waals surface area contributed by atoms with Gasteiger partial charge in [-0.05, 0) is 54.8 Å². The van der Waals surface area contributed by atoms with E-state index in [1.807, 2.05) is 24.3 Å². The molecule has 1 amide bonds. The molecular weight excluding hydrogens is 474 g/mol. The van der Waals surface area contributed by atoms with Gasteiger partial charge in [-0.3, -0.25) is 9.59 Å². The maximum Gasteiger partial charge on any atom is 0.295 e. The lowest BCUT2D eigenvalue weighted by atomic mass is 9.95. The molecule has 0 aliphatic carbocycles. The van der Waals surface area contributed by atoms with Gasteiger partial charge in [0, 0.05) is 30.3 Å². The normalized spacial score (nSPS) is 17.7. The third-order valence-electron chi connectivity index (χ3n) is 5.37. The second-order valence-corrected chi connectivity index (χ2v) is 8.53. The fourth-order valence-corrected chi connectivity index (χ4v) is 3.94. The molecule has 1 heterocycles. The molecule has 0 spiro atoms. The predicted molar refractivity (Wildman–Crippen MR) is 126 cm³/mol. The molecule has 0 saturated carbocycles. The van der Waals surface area contributed by atoms with Crippen LogP contribution in [0.3, 0.4) is 0 Å². The summed E-state index contributed by atoms with van der Waals surface area (Å²) in [5.41, 5.74) is 1.31. The highest BCUT2D eigenvalue weighted by atomic mass is 79.9. The lowest BCUT2D eigenvalue weighted by molar-refractivity contribution is -0.140. The van der Waals surface area contributed by atoms with Gasteiger partial charge in [0.05, 0.1) is 18.2 Å². The molecule has 0 aromatic heterocycles. The Balaban J connectivity index is 1.98. The number of Topliss-reactive ketones (excluding diaryl/α,β-unsaturated/α-hetero) is 1. The van der Waals surface area contributed by atoms with Crippen molar-refractivity contribution < 1.29 is 24.2 Å². The molecule has 1 N–H and O–H groups in total. The van der Waals surface area contributed by atoms with Crippen LogP contribution in [0.5, 0.6) is 5.75 Å². The van der Waals surface area contributed by atoms with Crippen molar-refractivity contribution in [2.45, 2.75) is 32.2 Å². The van der Waals surface area contributed by atoms with Crippen LogP contribution in [-0.4, -0.2) is 48.6 Å². The minimum atomic E-state index is -0.684. The summed E-state index contributed by atoms with van der Waals surface area (Å²) in [6.07, 6.45) is 2.58. The Hall–Kier alpha value is -2.64. The van der Waals surface area contributed by atoms with Gasteiger partial charge in [-0.1, -0.05) is 41.4 Å². The van der Waals surface area contributed by atoms with Crippen LogP contribution in [0, 0.1) is 0 Å². The summed E-state index contributed by atoms with van der Waals surface area (Å²) in [6, 6.07) is 13.7. The first kappa shape index (κ1) is 24.0. The zero-order chi connectivity index (χ0) is 23.1. The van der Waals surface area contributed by atoms with Crippen molar-refractivity contribution in [1.29, 1.82) is 0 Å². The number of hydrogen-bond acceptors (Lipinski definition) is 5. The SMILES string of the molecule is CCCCOc1ccc(/C(O)=C2\C(=O)C(=O)N(CCCOC)C2c2ccc(Br)cc2)cc1. The monoisotopic (exact) mass is 501 g/mol. The molecule has 0 bridgehead atoms. The molecule has 170 valence electrons. The third-order valence-corrected chi connectivity index (χ3v) is 5.90. The van der Waals surface area contributed by atoms with Gasteiger partial charge in [-0.2, -0.15) is 0 Å². The van der Waals surface area contributed by atoms with Crippen molar-refractivity contribution in [2.24, 2.45) is 0 Å². The van der Waals surface area contributed by atoms with Crippen molar-refractivity contribution in [3.8, 4) is 5.75 Å². The molecule has 1 unspecified atom stereocenters. The fraction of sp³-hybridized carbons (Fsp3) is 0.360. The zero-order valence-electron chi connectivity index (χ0n) is 18.3. The lowest BCUT2D eigenvalue weighted by Crippen LogP contribution is -2.31. The minimum Gasteiger partial charge on any atom is -0.507 e. The molecule has 2 aromatic carbocycles. The maximum absolute atomic E-state index is 13.0. The van der Waals surface area contributed by atoms with E-state index in [1.54, 1.807) is 31.4 Å². The topological polar surface area (TPSA) is 76.1 Å². The quantitative estimate of drug-likeness (QED) is 0.212. The molecule has 1 saturated heterocycles. The number of likely N-dealkylation sites (tertiary alicyclic amines) is 1. The number of carbonyl (C=O) groups excluding carboxylic acids is 2. The van der Waals surface area contributed by atoms with Crippen LogP contribution in [-0.2, 0) is 14.3 Å². The van der Waals surface area contributed by atoms with E-state index in [0.717, 1.165) is 22.9 Å². The van der Waals surface area contributed by atoms with E-state index in [9.17, 15) is 14.7 Å². The summed E-state index contributed by atoms with van der Waals surface area (Å²) in [7, 11) is 1.59. The summed E-state index contributed by atoms with van der Waals surface area (Å²) in [5.74, 6) is -0.795. The van der Waals surface area contributed by atoms with Crippen molar-refractivity contribution in [2.75, 3.05) is 26.9 Å². The second kappa shape index (κ2) is 11.3. The van der Waals surface area contributed by atoms with Gasteiger partial charge in [0.15, 0.2) is 0 Å². The van der Waals surface area contributed by atoms with Gasteiger partial charge < -0.3 is 19.5 Å². The highest BCUT2D eigenvalue weighted by molar-refractivity contribution is 9.10. The van der Waals surface area contributed by atoms with E-state index in [-0.39, 0.29) is 11.3 Å². The molecule has 1 fully saturated rings. The smallest absolute Gasteiger partial charge is 0.295 e. The number of aliphatic hydroxyl groups is 1. The molecule has 0 radical (unpaired) electrons. The highest BCUT2D eigenvalue weighted by Crippen LogP contribution is 2.39. The first-order valence-electron chi connectivity index (χ1n) is 10.7. The number of benzene rings is 2. The van der Waals surface area contributed by atoms with Crippen molar-refractivity contribution in [3.63, 3.8) is 0 Å². The average molecular weight is 502 g/mol. The number of amides is 1. The summed E-state index contributed by atoms with van der Waals surface area (Å²) >= 11 is 3.42. The highest BCUT2D eigenvalue weighted by Gasteiger charge is 2.45. The van der Waals surface area contributed by atoms with Crippen LogP contribution < -0.4 is 4.74 Å². The fourth-order valence-electron chi connectivity index (χ4n) is 3.68. The van der Waals surface area contributed by atoms with Gasteiger partial charge in [-0.25, -0.2) is 0 Å². The van der Waals surface area contributed by atoms with Crippen LogP contribution in [0.1, 0.15) is 43.4 Å². The number of rotatable bonds is 10. The zero-order valence-corrected chi connectivity index (χ0v) is 19.9. The summed E-state index contributed by atoms with van der Waals surface area (Å²) < 4.78 is 11.7. The van der Waals surface area contributed by atoms with Crippen molar-refractivity contribution >= 4 is 33.4 Å². The molecule has 32 heavy (non-hydrogen) atoms. The van der Waals surface area contributed by atoms with E-state index >= 15 is 0 Å². The molecule has 7 heteroatoms. The van der Waals surface area contributed by atoms with E-state index < -0.39 is 17.7 Å². The molecule has 2 aromatic rings. The second-order valence-electron chi connectivity index (χ2n) is 7.62. The van der Waals surface area contributed by atoms with E-state index in [2.05, 4.69) is 22.9 Å². The van der Waals surface area contributed by atoms with Gasteiger partial charge in [0.25, 0.3) is 11.7 Å². The van der Waals surface area contributed by atoms with Crippen LogP contribution in [0.2, 0.25) is 0 Å². The van der Waals surface area contributed by atoms with Crippen LogP contribution in [0.25, 0.3) is 5.76 Å². The number of halogens is 1. The van der Waals surface area contributed by atoms with Crippen molar-refractivity contribution in [1.82, 2.24) is 4.90 Å². The number of ether oxygens (including phenoxy) is 2. The van der Waals surface area contributed by atoms with E-state index in [1.165, 1.54) is 4.90 Å². The molecule has 3 rings (SSSR count). The predicted octanol–water partition coefficient (Wildman–Crippen LogP) is 5.09. The number of carbonyl (C=O) groups is 2. The third kappa shape index (κ3) is 5.40. The Morgan fingerprint density at radius 2 is 1.72 bits per heavy atom. The van der Waals surface area contributed by atoms with Crippen molar-refractivity contribution in [3.05, 3.63) is 69.7 Å². The molecule has 1 aliphatic rings. The van der Waals surface area contributed by atoms with E-state index in [4.69, 9.17) is 9.47 Å². The van der Waals surface area contributed by atoms with Gasteiger partial charge in [0.1, 0.15) is 11.5 Å². The Bertz CT molecular complexity index is 969. The summed E-state index contributed by atoms with van der Waals surface area (Å²) in [5, 5.41) is 11.1. The molecular formula is C25H28BrNO5. The number of methoxy groups -OCH3 is 1. The Kier molecular flexibility index (Phi) is 8.47. The van der Waals surface area contributed by atoms with Crippen LogP contribution in [0.4, 0.5) is 0 Å². The van der Waals surface area contributed by atoms with Gasteiger partial charge >= 0.3 is 0 Å². The summed E-state index contributed by atoms with van der Waals surface area (Å²) in [4.78, 5) is 27.4. The molecule has 6 nitrogen and oxygen atoms in total. The van der Waals surface area contributed by atoms with E-state index in [0.29, 0.717) is 37.5 Å². The Morgan fingerprint density at radius 1 is 1.03 bits per heavy atom. The summed E-state index contributed by atoms with van der Waals surface area (Å²) in [6.45, 7) is 3.53. The first-order valence-corrected chi connectivity index (χ1v) is 11.5. The lowest BCUT2D eigenvalue weighted by Gasteiger charge is -2.25. The van der Waals surface area contributed by atoms with Crippen LogP contribution in [0.15, 0.2) is 58.6 Å². The number of hydrogen-bond donors (Lipinski definition) is 1. The standard InChI is InChI=1S/C25H28BrNO5/c1-3-4-16-32-20-12-8-18(9-13-20)23(28)21-22(17-6-10-19(26)11-7-17)27(14-5-15-31-2)25(30)24(21)29/h6-13,22,28H,3-5,14-16H2,1-2H3/b23-21+. The Morgan fingerprint density at radius 3 is 2.34 bits per heavy atom. The number of nitrogens with zero attached hydrogens (tertiary/aromatic N) is 1.